The minimum Gasteiger partial charge on any atom is -0.497 e. The Hall–Kier alpha value is -7.33. The van der Waals surface area contributed by atoms with Crippen LogP contribution in [0.5, 0.6) is 17.2 Å². The van der Waals surface area contributed by atoms with E-state index in [0.29, 0.717) is 26.2 Å². The van der Waals surface area contributed by atoms with Crippen LogP contribution < -0.4 is 14.2 Å². The predicted octanol–water partition coefficient (Wildman–Crippen LogP) is 11.2. The Bertz CT molecular complexity index is 3390. The second-order valence-electron chi connectivity index (χ2n) is 18.3. The van der Waals surface area contributed by atoms with Gasteiger partial charge in [-0.3, -0.25) is 14.0 Å². The summed E-state index contributed by atoms with van der Waals surface area (Å²) in [5.41, 5.74) is 14.7. The Balaban J connectivity index is 0.000000165. The molecule has 3 aromatic heterocycles. The van der Waals surface area contributed by atoms with E-state index in [1.165, 1.54) is 16.7 Å². The van der Waals surface area contributed by atoms with Crippen molar-refractivity contribution in [1.82, 2.24) is 29.3 Å². The van der Waals surface area contributed by atoms with Crippen LogP contribution in [0.1, 0.15) is 34.5 Å². The first-order chi connectivity index (χ1) is 35.7. The number of methoxy groups -OCH3 is 7. The highest BCUT2D eigenvalue weighted by Gasteiger charge is 2.35. The lowest BCUT2D eigenvalue weighted by molar-refractivity contribution is -0.0587. The van der Waals surface area contributed by atoms with Crippen molar-refractivity contribution in [3.05, 3.63) is 150 Å². The van der Waals surface area contributed by atoms with E-state index in [0.717, 1.165) is 100 Å². The van der Waals surface area contributed by atoms with Crippen molar-refractivity contribution < 1.29 is 38.3 Å². The third-order valence-corrected chi connectivity index (χ3v) is 13.2. The molecular weight excluding hydrogens is 933 g/mol. The van der Waals surface area contributed by atoms with Crippen LogP contribution in [0.15, 0.2) is 121 Å². The zero-order valence-corrected chi connectivity index (χ0v) is 45.1. The topological polar surface area (TPSA) is 138 Å². The third kappa shape index (κ3) is 11.7. The molecule has 6 aromatic carbocycles. The number of benzene rings is 6. The van der Waals surface area contributed by atoms with Gasteiger partial charge in [0.1, 0.15) is 39.4 Å². The second-order valence-corrected chi connectivity index (χ2v) is 18.3. The first-order valence-corrected chi connectivity index (χ1v) is 24.4. The molecule has 1 atom stereocenters. The molecule has 0 saturated carbocycles. The number of nitrogens with zero attached hydrogens (tertiary/aromatic N) is 6. The molecular formula is C60H70N6O8. The average Bonchev–Trinajstić information content (AvgIpc) is 4.08. The molecule has 0 spiro atoms. The van der Waals surface area contributed by atoms with Gasteiger partial charge in [-0.2, -0.15) is 15.3 Å². The van der Waals surface area contributed by atoms with Crippen LogP contribution >= 0.6 is 0 Å². The van der Waals surface area contributed by atoms with Gasteiger partial charge in [0, 0.05) is 107 Å². The summed E-state index contributed by atoms with van der Waals surface area (Å²) in [6.07, 6.45) is 4.50. The standard InChI is InChI=1S/C22H28N2O4.C22H26N2O3.C16H16N2O/c1-15-13-16(28-5)9-10-17(15)18-7-6-8-19-20(18)23-24(2)21(19)22(25,14-27-4)11-12-26-3;1-15-13-17(27-5)9-10-18(15)19-7-6-8-20-21(19)23-24(2)22(20)16(14-26-4)11-12-25-3;1-11-9-13(19-3)7-8-14(11)15-6-4-5-12-10-18(2)17-16(12)15/h6-10,13,25H,11-12,14H2,1-5H3;6-11,13H,12,14H2,1-5H3;4-10H,1-3H3. The zero-order valence-electron chi connectivity index (χ0n) is 45.1. The molecule has 3 heterocycles. The highest BCUT2D eigenvalue weighted by Crippen LogP contribution is 2.39. The predicted molar refractivity (Wildman–Crippen MR) is 296 cm³/mol. The maximum Gasteiger partial charge on any atom is 0.132 e. The molecule has 0 radical (unpaired) electrons. The molecule has 0 saturated heterocycles. The monoisotopic (exact) mass is 1000 g/mol. The fraction of sp³-hybridized carbons (Fsp3) is 0.317. The Labute approximate surface area is 434 Å². The fourth-order valence-electron chi connectivity index (χ4n) is 9.71. The first-order valence-electron chi connectivity index (χ1n) is 24.4. The second kappa shape index (κ2) is 24.6. The summed E-state index contributed by atoms with van der Waals surface area (Å²) in [5, 5.41) is 28.7. The minimum atomic E-state index is -1.19. The van der Waals surface area contributed by atoms with Crippen molar-refractivity contribution in [3.8, 4) is 50.6 Å². The Morgan fingerprint density at radius 2 is 1.04 bits per heavy atom. The molecule has 9 aromatic rings. The van der Waals surface area contributed by atoms with Crippen molar-refractivity contribution in [2.24, 2.45) is 21.1 Å². The van der Waals surface area contributed by atoms with Crippen molar-refractivity contribution in [2.45, 2.75) is 32.8 Å². The van der Waals surface area contributed by atoms with Crippen molar-refractivity contribution in [1.29, 1.82) is 0 Å². The van der Waals surface area contributed by atoms with Crippen LogP contribution in [0.3, 0.4) is 0 Å². The van der Waals surface area contributed by atoms with Gasteiger partial charge in [0.2, 0.25) is 0 Å². The summed E-state index contributed by atoms with van der Waals surface area (Å²) in [4.78, 5) is 0. The highest BCUT2D eigenvalue weighted by molar-refractivity contribution is 6.00. The lowest BCUT2D eigenvalue weighted by atomic mass is 9.91. The summed E-state index contributed by atoms with van der Waals surface area (Å²) < 4.78 is 42.6. The number of ether oxygens (including phenoxy) is 7. The quantitative estimate of drug-likeness (QED) is 0.0933. The van der Waals surface area contributed by atoms with Gasteiger partial charge in [-0.25, -0.2) is 0 Å². The zero-order chi connectivity index (χ0) is 53.1. The summed E-state index contributed by atoms with van der Waals surface area (Å²) in [7, 11) is 17.4. The molecule has 14 heteroatoms. The van der Waals surface area contributed by atoms with E-state index >= 15 is 0 Å². The molecule has 14 nitrogen and oxygen atoms in total. The molecule has 1 unspecified atom stereocenters. The summed E-state index contributed by atoms with van der Waals surface area (Å²) >= 11 is 0. The molecule has 0 aliphatic heterocycles. The Morgan fingerprint density at radius 3 is 1.53 bits per heavy atom. The van der Waals surface area contributed by atoms with Crippen LogP contribution in [0.25, 0.3) is 71.7 Å². The molecule has 0 amide bonds. The molecule has 388 valence electrons. The summed E-state index contributed by atoms with van der Waals surface area (Å²) in [6, 6.07) is 36.9. The van der Waals surface area contributed by atoms with Crippen LogP contribution in [0.4, 0.5) is 0 Å². The lowest BCUT2D eigenvalue weighted by Gasteiger charge is -2.27. The van der Waals surface area contributed by atoms with E-state index in [1.54, 1.807) is 54.5 Å². The molecule has 0 aliphatic rings. The molecule has 9 rings (SSSR count). The van der Waals surface area contributed by atoms with E-state index < -0.39 is 5.60 Å². The van der Waals surface area contributed by atoms with Gasteiger partial charge in [0.25, 0.3) is 0 Å². The molecule has 0 fully saturated rings. The summed E-state index contributed by atoms with van der Waals surface area (Å²) in [6.45, 7) is 7.86. The number of fused-ring (bicyclic) bond motifs is 3. The number of aliphatic hydroxyl groups is 1. The van der Waals surface area contributed by atoms with Crippen LogP contribution in [0, 0.1) is 20.8 Å². The van der Waals surface area contributed by atoms with E-state index in [9.17, 15) is 5.11 Å². The van der Waals surface area contributed by atoms with Crippen molar-refractivity contribution in [3.63, 3.8) is 0 Å². The Morgan fingerprint density at radius 1 is 0.541 bits per heavy atom. The summed E-state index contributed by atoms with van der Waals surface area (Å²) in [5.74, 6) is 2.56. The SMILES string of the molecule is COCC=C(COC)c1c2cccc(-c3ccc(OC)cc3C)c2nn1C.COCCC(O)(COC)c1c2cccc(-c3ccc(OC)cc3C)c2nn1C.COc1ccc(-c2cccc3cn(C)nc23)c(C)c1. The number of aromatic nitrogens is 6. The van der Waals surface area contributed by atoms with Crippen molar-refractivity contribution in [2.75, 3.05) is 76.2 Å². The molecule has 74 heavy (non-hydrogen) atoms. The number of hydrogen-bond donors (Lipinski definition) is 1. The highest BCUT2D eigenvalue weighted by atomic mass is 16.5. The number of aryl methyl sites for hydroxylation is 6. The van der Waals surface area contributed by atoms with Crippen LogP contribution in [-0.2, 0) is 45.7 Å². The number of hydrogen-bond acceptors (Lipinski definition) is 11. The van der Waals surface area contributed by atoms with E-state index in [2.05, 4.69) is 86.5 Å². The van der Waals surface area contributed by atoms with Crippen LogP contribution in [-0.4, -0.2) is 111 Å². The van der Waals surface area contributed by atoms with Gasteiger partial charge in [-0.1, -0.05) is 78.9 Å². The van der Waals surface area contributed by atoms with Gasteiger partial charge in [-0.05, 0) is 90.6 Å². The van der Waals surface area contributed by atoms with Gasteiger partial charge in [-0.15, -0.1) is 0 Å². The fourth-order valence-corrected chi connectivity index (χ4v) is 9.71. The number of rotatable bonds is 17. The van der Waals surface area contributed by atoms with E-state index in [1.807, 2.05) is 91.3 Å². The van der Waals surface area contributed by atoms with Gasteiger partial charge in [0.15, 0.2) is 0 Å². The lowest BCUT2D eigenvalue weighted by Crippen LogP contribution is -2.35. The third-order valence-electron chi connectivity index (χ3n) is 13.2. The van der Waals surface area contributed by atoms with Crippen LogP contribution in [0.2, 0.25) is 0 Å². The smallest absolute Gasteiger partial charge is 0.132 e. The molecule has 0 aliphatic carbocycles. The van der Waals surface area contributed by atoms with Gasteiger partial charge < -0.3 is 38.3 Å². The van der Waals surface area contributed by atoms with E-state index in [4.69, 9.17) is 43.4 Å². The van der Waals surface area contributed by atoms with Gasteiger partial charge >= 0.3 is 0 Å². The van der Waals surface area contributed by atoms with Gasteiger partial charge in [0.05, 0.1) is 52.5 Å². The normalized spacial score (nSPS) is 12.3. The van der Waals surface area contributed by atoms with Crippen molar-refractivity contribution >= 4 is 38.3 Å². The first kappa shape index (κ1) is 54.4. The maximum absolute atomic E-state index is 11.4. The maximum atomic E-state index is 11.4. The molecule has 1 N–H and O–H groups in total. The Kier molecular flexibility index (Phi) is 18.1. The van der Waals surface area contributed by atoms with E-state index in [-0.39, 0.29) is 6.61 Å². The largest absolute Gasteiger partial charge is 0.497 e. The minimum absolute atomic E-state index is 0.163. The molecule has 0 bridgehead atoms. The average molecular weight is 1000 g/mol.